The number of aryl methyl sites for hydroxylation is 1. The lowest BCUT2D eigenvalue weighted by Crippen LogP contribution is -2.44. The number of carbonyl (C=O) groups excluding carboxylic acids is 1. The van der Waals surface area contributed by atoms with Gasteiger partial charge in [0.05, 0.1) is 18.1 Å². The number of amides is 1. The summed E-state index contributed by atoms with van der Waals surface area (Å²) in [7, 11) is -3.54. The second-order valence-electron chi connectivity index (χ2n) is 9.47. The highest BCUT2D eigenvalue weighted by Crippen LogP contribution is 2.18. The summed E-state index contributed by atoms with van der Waals surface area (Å²) in [4.78, 5) is 15.1. The molecule has 3 aromatic rings. The monoisotopic (exact) mass is 565 g/mol. The number of benzene rings is 3. The van der Waals surface area contributed by atoms with E-state index >= 15 is 0 Å². The van der Waals surface area contributed by atoms with Crippen molar-refractivity contribution in [3.05, 3.63) is 102 Å². The van der Waals surface area contributed by atoms with E-state index in [1.165, 1.54) is 15.4 Å². The van der Waals surface area contributed by atoms with Crippen molar-refractivity contribution in [2.45, 2.75) is 30.6 Å². The number of carbonyl (C=O) groups is 1. The zero-order valence-corrected chi connectivity index (χ0v) is 23.6. The van der Waals surface area contributed by atoms with Crippen LogP contribution < -0.4 is 5.32 Å². The summed E-state index contributed by atoms with van der Waals surface area (Å²) in [5, 5.41) is 3.33. The van der Waals surface area contributed by atoms with Gasteiger partial charge in [0.25, 0.3) is 0 Å². The number of ether oxygens (including phenoxy) is 1. The third-order valence-electron chi connectivity index (χ3n) is 6.73. The summed E-state index contributed by atoms with van der Waals surface area (Å²) in [6, 6.07) is 27.2. The molecule has 1 aliphatic heterocycles. The van der Waals surface area contributed by atoms with Crippen LogP contribution in [-0.4, -0.2) is 68.0 Å². The molecule has 0 unspecified atom stereocenters. The van der Waals surface area contributed by atoms with Crippen LogP contribution in [0.3, 0.4) is 0 Å². The maximum Gasteiger partial charge on any atom is 0.243 e. The van der Waals surface area contributed by atoms with Crippen molar-refractivity contribution in [2.24, 2.45) is 0 Å². The molecule has 3 aromatic carbocycles. The van der Waals surface area contributed by atoms with E-state index in [2.05, 4.69) is 34.5 Å². The molecular weight excluding hydrogens is 530 g/mol. The number of morpholine rings is 1. The lowest BCUT2D eigenvalue weighted by Gasteiger charge is -2.26. The average molecular weight is 566 g/mol. The molecular formula is C30H35N3O4S2. The molecule has 0 radical (unpaired) electrons. The van der Waals surface area contributed by atoms with E-state index in [9.17, 15) is 13.2 Å². The van der Waals surface area contributed by atoms with Gasteiger partial charge in [0.1, 0.15) is 0 Å². The fourth-order valence-electron chi connectivity index (χ4n) is 4.42. The molecule has 39 heavy (non-hydrogen) atoms. The Bertz CT molecular complexity index is 1270. The van der Waals surface area contributed by atoms with Crippen molar-refractivity contribution in [3.63, 3.8) is 0 Å². The van der Waals surface area contributed by atoms with Crippen LogP contribution in [0.4, 0.5) is 0 Å². The van der Waals surface area contributed by atoms with E-state index in [1.807, 2.05) is 36.4 Å². The zero-order chi connectivity index (χ0) is 27.5. The van der Waals surface area contributed by atoms with E-state index in [0.717, 1.165) is 18.4 Å². The molecule has 0 spiro atoms. The van der Waals surface area contributed by atoms with Crippen molar-refractivity contribution < 1.29 is 17.9 Å². The molecule has 1 saturated heterocycles. The molecule has 1 heterocycles. The fourth-order valence-corrected chi connectivity index (χ4v) is 6.12. The Labute approximate surface area is 236 Å². The van der Waals surface area contributed by atoms with Gasteiger partial charge >= 0.3 is 0 Å². The van der Waals surface area contributed by atoms with Gasteiger partial charge in [-0.05, 0) is 60.3 Å². The van der Waals surface area contributed by atoms with Gasteiger partial charge in [0.15, 0.2) is 5.11 Å². The Kier molecular flexibility index (Phi) is 10.6. The first kappa shape index (κ1) is 28.9. The number of rotatable bonds is 11. The lowest BCUT2D eigenvalue weighted by molar-refractivity contribution is -0.119. The predicted octanol–water partition coefficient (Wildman–Crippen LogP) is 3.83. The number of nitrogens with zero attached hydrogens (tertiary/aromatic N) is 2. The largest absolute Gasteiger partial charge is 0.379 e. The van der Waals surface area contributed by atoms with Crippen LogP contribution in [0.5, 0.6) is 0 Å². The number of sulfonamides is 1. The minimum Gasteiger partial charge on any atom is -0.379 e. The number of nitrogens with one attached hydrogen (secondary N) is 1. The highest BCUT2D eigenvalue weighted by Gasteiger charge is 2.26. The maximum absolute atomic E-state index is 12.8. The number of hydrogen-bond acceptors (Lipinski definition) is 5. The van der Waals surface area contributed by atoms with Gasteiger partial charge in [-0.3, -0.25) is 4.79 Å². The van der Waals surface area contributed by atoms with Crippen LogP contribution in [0.15, 0.2) is 89.8 Å². The Hall–Kier alpha value is -3.11. The van der Waals surface area contributed by atoms with Crippen LogP contribution in [0.1, 0.15) is 23.1 Å². The van der Waals surface area contributed by atoms with Crippen molar-refractivity contribution in [2.75, 3.05) is 39.4 Å². The van der Waals surface area contributed by atoms with Crippen molar-refractivity contribution >= 4 is 33.3 Å². The molecule has 0 saturated carbocycles. The standard InChI is InChI=1S/C30H35N3O4S2/c34-29(16-13-27-11-14-28(15-12-27)39(35,36)33-21-23-37-24-22-33)31-30(38)32(19-17-25-7-3-1-4-8-25)20-18-26-9-5-2-6-10-26/h1-12,14-15H,13,16-24H2,(H,31,34,38). The molecule has 7 nitrogen and oxygen atoms in total. The Morgan fingerprint density at radius 3 is 1.85 bits per heavy atom. The van der Waals surface area contributed by atoms with Crippen LogP contribution in [0.25, 0.3) is 0 Å². The first-order chi connectivity index (χ1) is 18.9. The average Bonchev–Trinajstić information content (AvgIpc) is 2.98. The smallest absolute Gasteiger partial charge is 0.243 e. The van der Waals surface area contributed by atoms with Crippen molar-refractivity contribution in [1.29, 1.82) is 0 Å². The maximum atomic E-state index is 12.8. The van der Waals surface area contributed by atoms with Crippen LogP contribution in [-0.2, 0) is 38.8 Å². The van der Waals surface area contributed by atoms with Gasteiger partial charge in [-0.15, -0.1) is 0 Å². The van der Waals surface area contributed by atoms with Gasteiger partial charge in [-0.1, -0.05) is 72.8 Å². The van der Waals surface area contributed by atoms with E-state index in [4.69, 9.17) is 17.0 Å². The van der Waals surface area contributed by atoms with Gasteiger partial charge in [-0.2, -0.15) is 4.31 Å². The summed E-state index contributed by atoms with van der Waals surface area (Å²) >= 11 is 5.65. The van der Waals surface area contributed by atoms with Crippen molar-refractivity contribution in [1.82, 2.24) is 14.5 Å². The first-order valence-electron chi connectivity index (χ1n) is 13.3. The molecule has 1 fully saturated rings. The zero-order valence-electron chi connectivity index (χ0n) is 22.0. The Balaban J connectivity index is 1.30. The SMILES string of the molecule is O=C(CCc1ccc(S(=O)(=O)N2CCOCC2)cc1)NC(=S)N(CCc1ccccc1)CCc1ccccc1. The molecule has 0 atom stereocenters. The second kappa shape index (κ2) is 14.3. The fraction of sp³-hybridized carbons (Fsp3) is 0.333. The topological polar surface area (TPSA) is 79.0 Å². The molecule has 1 amide bonds. The van der Waals surface area contributed by atoms with E-state index in [-0.39, 0.29) is 17.2 Å². The molecule has 4 rings (SSSR count). The minimum atomic E-state index is -3.54. The highest BCUT2D eigenvalue weighted by molar-refractivity contribution is 7.89. The third-order valence-corrected chi connectivity index (χ3v) is 9.01. The second-order valence-corrected chi connectivity index (χ2v) is 11.8. The van der Waals surface area contributed by atoms with Gasteiger partial charge in [0.2, 0.25) is 15.9 Å². The summed E-state index contributed by atoms with van der Waals surface area (Å²) in [5.74, 6) is -0.158. The molecule has 0 bridgehead atoms. The van der Waals surface area contributed by atoms with E-state index in [1.54, 1.807) is 24.3 Å². The third kappa shape index (κ3) is 8.69. The van der Waals surface area contributed by atoms with Crippen LogP contribution >= 0.6 is 12.2 Å². The van der Waals surface area contributed by atoms with Crippen molar-refractivity contribution in [3.8, 4) is 0 Å². The van der Waals surface area contributed by atoms with E-state index in [0.29, 0.717) is 50.9 Å². The van der Waals surface area contributed by atoms with Crippen LogP contribution in [0.2, 0.25) is 0 Å². The number of hydrogen-bond donors (Lipinski definition) is 1. The highest BCUT2D eigenvalue weighted by atomic mass is 32.2. The molecule has 0 aromatic heterocycles. The molecule has 1 aliphatic rings. The summed E-state index contributed by atoms with van der Waals surface area (Å²) in [6.07, 6.45) is 2.39. The summed E-state index contributed by atoms with van der Waals surface area (Å²) < 4.78 is 32.4. The predicted molar refractivity (Wildman–Crippen MR) is 157 cm³/mol. The number of thiocarbonyl (C=S) groups is 1. The Morgan fingerprint density at radius 2 is 1.31 bits per heavy atom. The van der Waals surface area contributed by atoms with Gasteiger partial charge < -0.3 is 15.0 Å². The molecule has 9 heteroatoms. The van der Waals surface area contributed by atoms with Gasteiger partial charge in [0, 0.05) is 32.6 Å². The van der Waals surface area contributed by atoms with Gasteiger partial charge in [-0.25, -0.2) is 8.42 Å². The van der Waals surface area contributed by atoms with E-state index < -0.39 is 10.0 Å². The molecule has 1 N–H and O–H groups in total. The lowest BCUT2D eigenvalue weighted by atomic mass is 10.1. The summed E-state index contributed by atoms with van der Waals surface area (Å²) in [6.45, 7) is 2.94. The first-order valence-corrected chi connectivity index (χ1v) is 15.1. The normalized spacial score (nSPS) is 14.1. The van der Waals surface area contributed by atoms with Crippen LogP contribution in [0, 0.1) is 0 Å². The molecule has 206 valence electrons. The summed E-state index contributed by atoms with van der Waals surface area (Å²) in [5.41, 5.74) is 3.33. The Morgan fingerprint density at radius 1 is 0.795 bits per heavy atom. The molecule has 0 aliphatic carbocycles. The quantitative estimate of drug-likeness (QED) is 0.356. The minimum absolute atomic E-state index is 0.158.